The van der Waals surface area contributed by atoms with Crippen LogP contribution in [0.4, 0.5) is 17.1 Å². The summed E-state index contributed by atoms with van der Waals surface area (Å²) in [4.78, 5) is 30.6. The summed E-state index contributed by atoms with van der Waals surface area (Å²) in [5.41, 5.74) is 1.91. The van der Waals surface area contributed by atoms with Crippen LogP contribution in [0.5, 0.6) is 0 Å². The summed E-state index contributed by atoms with van der Waals surface area (Å²) < 4.78 is 4.69. The maximum atomic E-state index is 10.9. The Morgan fingerprint density at radius 3 is 2.48 bits per heavy atom. The third kappa shape index (κ3) is 4.86. The van der Waals surface area contributed by atoms with Crippen LogP contribution in [0.1, 0.15) is 13.8 Å². The number of hydrogen-bond donors (Lipinski definition) is 1. The molecule has 1 N–H and O–H groups in total. The average molecular weight is 296 g/mol. The Morgan fingerprint density at radius 1 is 1.29 bits per heavy atom. The van der Waals surface area contributed by atoms with Crippen LogP contribution >= 0.6 is 0 Å². The number of non-ortho nitro benzene ring substituents is 1. The first-order valence-corrected chi connectivity index (χ1v) is 5.66. The second kappa shape index (κ2) is 6.93. The van der Waals surface area contributed by atoms with E-state index in [4.69, 9.17) is 0 Å². The molecule has 1 aromatic rings. The highest BCUT2D eigenvalue weighted by Crippen LogP contribution is 2.28. The monoisotopic (exact) mass is 296 g/mol. The van der Waals surface area contributed by atoms with Gasteiger partial charge in [0.1, 0.15) is 12.3 Å². The first kappa shape index (κ1) is 16.0. The highest BCUT2D eigenvalue weighted by atomic mass is 16.6. The van der Waals surface area contributed by atoms with Crippen molar-refractivity contribution in [3.8, 4) is 0 Å². The van der Waals surface area contributed by atoms with E-state index in [9.17, 15) is 25.0 Å². The molecule has 0 unspecified atom stereocenters. The number of esters is 1. The first-order chi connectivity index (χ1) is 9.81. The minimum Gasteiger partial charge on any atom is -0.460 e. The van der Waals surface area contributed by atoms with E-state index in [2.05, 4.69) is 15.3 Å². The van der Waals surface area contributed by atoms with Gasteiger partial charge >= 0.3 is 11.7 Å². The van der Waals surface area contributed by atoms with Crippen LogP contribution in [0.15, 0.2) is 23.3 Å². The Labute approximate surface area is 118 Å². The third-order valence-corrected chi connectivity index (χ3v) is 2.24. The summed E-state index contributed by atoms with van der Waals surface area (Å²) in [6.07, 6.45) is 0. The molecule has 0 saturated carbocycles. The van der Waals surface area contributed by atoms with Gasteiger partial charge in [0.05, 0.1) is 21.6 Å². The first-order valence-electron chi connectivity index (χ1n) is 5.66. The predicted octanol–water partition coefficient (Wildman–Crippen LogP) is 1.85. The smallest absolute Gasteiger partial charge is 0.303 e. The molecule has 0 spiro atoms. The maximum Gasteiger partial charge on any atom is 0.303 e. The molecule has 112 valence electrons. The number of nitrogens with one attached hydrogen (secondary N) is 1. The number of carbonyl (C=O) groups is 1. The molecular formula is C11H12N4O6. The zero-order valence-corrected chi connectivity index (χ0v) is 11.2. The van der Waals surface area contributed by atoms with Gasteiger partial charge in [0.15, 0.2) is 0 Å². The van der Waals surface area contributed by atoms with Crippen LogP contribution in [0.3, 0.4) is 0 Å². The number of ether oxygens (including phenoxy) is 1. The molecule has 10 heteroatoms. The van der Waals surface area contributed by atoms with E-state index in [0.717, 1.165) is 12.1 Å². The number of nitro benzene ring substituents is 2. The molecule has 0 atom stereocenters. The Balaban J connectivity index is 2.92. The molecular weight excluding hydrogens is 284 g/mol. The van der Waals surface area contributed by atoms with Crippen LogP contribution in [-0.2, 0) is 9.53 Å². The molecule has 0 aliphatic rings. The van der Waals surface area contributed by atoms with E-state index < -0.39 is 27.2 Å². The molecule has 0 aliphatic heterocycles. The van der Waals surface area contributed by atoms with E-state index in [1.807, 2.05) is 0 Å². The number of anilines is 1. The van der Waals surface area contributed by atoms with Crippen LogP contribution in [0, 0.1) is 20.2 Å². The fourth-order valence-electron chi connectivity index (χ4n) is 1.27. The molecule has 0 radical (unpaired) electrons. The molecule has 0 amide bonds. The molecule has 0 aromatic heterocycles. The summed E-state index contributed by atoms with van der Waals surface area (Å²) >= 11 is 0. The predicted molar refractivity (Wildman–Crippen MR) is 73.1 cm³/mol. The minimum absolute atomic E-state index is 0.00669. The molecule has 0 fully saturated rings. The molecule has 0 saturated heterocycles. The second-order valence-corrected chi connectivity index (χ2v) is 3.95. The van der Waals surface area contributed by atoms with E-state index >= 15 is 0 Å². The van der Waals surface area contributed by atoms with Crippen LogP contribution in [0.25, 0.3) is 0 Å². The Bertz CT molecular complexity index is 613. The van der Waals surface area contributed by atoms with Crippen LogP contribution in [-0.4, -0.2) is 28.1 Å². The number of nitro groups is 2. The standard InChI is InChI=1S/C11H12N4O6/c1-7(6-21-8(2)16)12-13-10-4-3-9(14(17)18)5-11(10)15(19)20/h3-5,13H,6H2,1-2H3/b12-7+. The van der Waals surface area contributed by atoms with Gasteiger partial charge in [0.2, 0.25) is 0 Å². The van der Waals surface area contributed by atoms with Crippen molar-refractivity contribution < 1.29 is 19.4 Å². The number of hydrazone groups is 1. The van der Waals surface area contributed by atoms with Gasteiger partial charge in [0, 0.05) is 13.0 Å². The lowest BCUT2D eigenvalue weighted by Gasteiger charge is -2.04. The van der Waals surface area contributed by atoms with Crippen molar-refractivity contribution in [3.63, 3.8) is 0 Å². The highest BCUT2D eigenvalue weighted by molar-refractivity contribution is 5.85. The molecule has 21 heavy (non-hydrogen) atoms. The quantitative estimate of drug-likeness (QED) is 0.366. The third-order valence-electron chi connectivity index (χ3n) is 2.24. The van der Waals surface area contributed by atoms with Crippen molar-refractivity contribution in [2.45, 2.75) is 13.8 Å². The van der Waals surface area contributed by atoms with Gasteiger partial charge in [-0.1, -0.05) is 0 Å². The fourth-order valence-corrected chi connectivity index (χ4v) is 1.27. The molecule has 1 aromatic carbocycles. The van der Waals surface area contributed by atoms with Gasteiger partial charge in [-0.25, -0.2) is 0 Å². The number of hydrogen-bond acceptors (Lipinski definition) is 8. The van der Waals surface area contributed by atoms with Crippen molar-refractivity contribution in [2.24, 2.45) is 5.10 Å². The van der Waals surface area contributed by atoms with Gasteiger partial charge in [-0.3, -0.25) is 30.4 Å². The number of carbonyl (C=O) groups excluding carboxylic acids is 1. The van der Waals surface area contributed by atoms with Crippen molar-refractivity contribution in [2.75, 3.05) is 12.0 Å². The molecule has 0 heterocycles. The normalized spacial score (nSPS) is 10.9. The summed E-state index contributed by atoms with van der Waals surface area (Å²) in [7, 11) is 0. The van der Waals surface area contributed by atoms with E-state index in [1.165, 1.54) is 13.0 Å². The van der Waals surface area contributed by atoms with Gasteiger partial charge in [0.25, 0.3) is 5.69 Å². The molecule has 0 bridgehead atoms. The van der Waals surface area contributed by atoms with Gasteiger partial charge in [-0.2, -0.15) is 5.10 Å². The van der Waals surface area contributed by atoms with Gasteiger partial charge < -0.3 is 4.74 Å². The topological polar surface area (TPSA) is 137 Å². The summed E-state index contributed by atoms with van der Waals surface area (Å²) in [6.45, 7) is 2.72. The average Bonchev–Trinajstić information content (AvgIpc) is 2.42. The Morgan fingerprint density at radius 2 is 1.95 bits per heavy atom. The SMILES string of the molecule is CC(=O)OC/C(C)=N/Nc1ccc([N+](=O)[O-])cc1[N+](=O)[O-]. The second-order valence-electron chi connectivity index (χ2n) is 3.95. The fraction of sp³-hybridized carbons (Fsp3) is 0.273. The van der Waals surface area contributed by atoms with Gasteiger partial charge in [-0.05, 0) is 13.0 Å². The van der Waals surface area contributed by atoms with Crippen LogP contribution in [0.2, 0.25) is 0 Å². The summed E-state index contributed by atoms with van der Waals surface area (Å²) in [5, 5.41) is 25.3. The molecule has 0 aliphatic carbocycles. The van der Waals surface area contributed by atoms with Crippen molar-refractivity contribution in [1.29, 1.82) is 0 Å². The summed E-state index contributed by atoms with van der Waals surface area (Å²) in [5.74, 6) is -0.481. The lowest BCUT2D eigenvalue weighted by molar-refractivity contribution is -0.393. The van der Waals surface area contributed by atoms with Crippen LogP contribution < -0.4 is 5.43 Å². The van der Waals surface area contributed by atoms with E-state index in [1.54, 1.807) is 6.92 Å². The highest BCUT2D eigenvalue weighted by Gasteiger charge is 2.19. The Hall–Kier alpha value is -3.04. The van der Waals surface area contributed by atoms with Crippen molar-refractivity contribution in [1.82, 2.24) is 0 Å². The largest absolute Gasteiger partial charge is 0.460 e. The minimum atomic E-state index is -0.758. The summed E-state index contributed by atoms with van der Waals surface area (Å²) in [6, 6.07) is 3.13. The lowest BCUT2D eigenvalue weighted by atomic mass is 10.2. The maximum absolute atomic E-state index is 10.9. The van der Waals surface area contributed by atoms with E-state index in [0.29, 0.717) is 5.71 Å². The number of benzene rings is 1. The number of rotatable bonds is 6. The number of nitrogens with zero attached hydrogens (tertiary/aromatic N) is 3. The lowest BCUT2D eigenvalue weighted by Crippen LogP contribution is -2.10. The van der Waals surface area contributed by atoms with Crippen molar-refractivity contribution >= 4 is 28.7 Å². The van der Waals surface area contributed by atoms with E-state index in [-0.39, 0.29) is 12.3 Å². The Kier molecular flexibility index (Phi) is 5.29. The zero-order valence-electron chi connectivity index (χ0n) is 11.2. The molecule has 1 rings (SSSR count). The molecule has 10 nitrogen and oxygen atoms in total. The zero-order chi connectivity index (χ0) is 16.0. The van der Waals surface area contributed by atoms with Gasteiger partial charge in [-0.15, -0.1) is 0 Å². The van der Waals surface area contributed by atoms with Crippen molar-refractivity contribution in [3.05, 3.63) is 38.4 Å².